The first-order valence-electron chi connectivity index (χ1n) is 9.85. The van der Waals surface area contributed by atoms with E-state index in [1.807, 2.05) is 54.7 Å². The highest BCUT2D eigenvalue weighted by Crippen LogP contribution is 2.39. The van der Waals surface area contributed by atoms with E-state index in [2.05, 4.69) is 47.0 Å². The first-order valence-corrected chi connectivity index (χ1v) is 11.5. The molecule has 4 rings (SSSR count). The molecule has 3 aromatic heterocycles. The molecule has 6 heteroatoms. The molecule has 0 bridgehead atoms. The number of amides is 1. The maximum absolute atomic E-state index is 12.8. The molecule has 4 nitrogen and oxygen atoms in total. The number of rotatable bonds is 7. The Labute approximate surface area is 184 Å². The molecule has 0 aliphatic rings. The van der Waals surface area contributed by atoms with E-state index in [1.54, 1.807) is 22.7 Å². The van der Waals surface area contributed by atoms with E-state index in [4.69, 9.17) is 0 Å². The highest BCUT2D eigenvalue weighted by molar-refractivity contribution is 7.16. The second-order valence-electron chi connectivity index (χ2n) is 6.98. The van der Waals surface area contributed by atoms with Gasteiger partial charge in [-0.05, 0) is 60.7 Å². The zero-order chi connectivity index (χ0) is 20.9. The van der Waals surface area contributed by atoms with Gasteiger partial charge in [-0.25, -0.2) is 4.98 Å². The van der Waals surface area contributed by atoms with Gasteiger partial charge in [0.2, 0.25) is 0 Å². The number of aromatic nitrogens is 1. The molecule has 152 valence electrons. The van der Waals surface area contributed by atoms with Crippen molar-refractivity contribution in [1.29, 1.82) is 0 Å². The molecule has 0 aliphatic carbocycles. The maximum atomic E-state index is 12.8. The van der Waals surface area contributed by atoms with E-state index in [9.17, 15) is 4.79 Å². The summed E-state index contributed by atoms with van der Waals surface area (Å²) in [7, 11) is 0. The lowest BCUT2D eigenvalue weighted by molar-refractivity contribution is 0.102. The van der Waals surface area contributed by atoms with Crippen molar-refractivity contribution in [2.24, 2.45) is 0 Å². The van der Waals surface area contributed by atoms with Crippen molar-refractivity contribution in [3.8, 4) is 0 Å². The molecule has 0 fully saturated rings. The monoisotopic (exact) mass is 433 g/mol. The molecule has 1 aromatic carbocycles. The number of hydrogen-bond donors (Lipinski definition) is 2. The van der Waals surface area contributed by atoms with Crippen LogP contribution >= 0.6 is 22.7 Å². The van der Waals surface area contributed by atoms with Crippen molar-refractivity contribution in [1.82, 2.24) is 4.98 Å². The molecule has 0 saturated carbocycles. The SMILES string of the molecule is CCc1cc([C@@H](Nc2cc(C)ccn2)c2cccs2)c(NC(=O)c2ccccc2)s1. The van der Waals surface area contributed by atoms with Crippen LogP contribution in [-0.2, 0) is 6.42 Å². The highest BCUT2D eigenvalue weighted by Gasteiger charge is 2.23. The molecule has 0 saturated heterocycles. The van der Waals surface area contributed by atoms with E-state index >= 15 is 0 Å². The lowest BCUT2D eigenvalue weighted by atomic mass is 10.1. The average molecular weight is 434 g/mol. The van der Waals surface area contributed by atoms with Crippen LogP contribution in [0.2, 0.25) is 0 Å². The zero-order valence-corrected chi connectivity index (χ0v) is 18.5. The summed E-state index contributed by atoms with van der Waals surface area (Å²) in [5.41, 5.74) is 2.86. The van der Waals surface area contributed by atoms with Crippen molar-refractivity contribution in [3.63, 3.8) is 0 Å². The van der Waals surface area contributed by atoms with E-state index in [0.29, 0.717) is 5.56 Å². The fourth-order valence-corrected chi connectivity index (χ4v) is 5.05. The van der Waals surface area contributed by atoms with Crippen molar-refractivity contribution in [2.75, 3.05) is 10.6 Å². The van der Waals surface area contributed by atoms with Crippen LogP contribution in [0.4, 0.5) is 10.8 Å². The quantitative estimate of drug-likeness (QED) is 0.348. The summed E-state index contributed by atoms with van der Waals surface area (Å²) in [5.74, 6) is 0.720. The Morgan fingerprint density at radius 2 is 1.93 bits per heavy atom. The third kappa shape index (κ3) is 4.61. The maximum Gasteiger partial charge on any atom is 0.256 e. The van der Waals surface area contributed by atoms with Gasteiger partial charge in [0.05, 0.1) is 6.04 Å². The number of carbonyl (C=O) groups is 1. The molecule has 1 atom stereocenters. The molecule has 4 aromatic rings. The number of thiophene rings is 2. The Morgan fingerprint density at radius 3 is 2.63 bits per heavy atom. The lowest BCUT2D eigenvalue weighted by Gasteiger charge is -2.19. The smallest absolute Gasteiger partial charge is 0.256 e. The van der Waals surface area contributed by atoms with Gasteiger partial charge in [-0.15, -0.1) is 22.7 Å². The minimum absolute atomic E-state index is 0.0954. The number of anilines is 2. The van der Waals surface area contributed by atoms with Gasteiger partial charge in [0.25, 0.3) is 5.91 Å². The molecule has 0 unspecified atom stereocenters. The minimum Gasteiger partial charge on any atom is -0.358 e. The van der Waals surface area contributed by atoms with E-state index in [0.717, 1.165) is 28.4 Å². The van der Waals surface area contributed by atoms with Crippen molar-refractivity contribution in [2.45, 2.75) is 26.3 Å². The van der Waals surface area contributed by atoms with E-state index in [-0.39, 0.29) is 11.9 Å². The summed E-state index contributed by atoms with van der Waals surface area (Å²) in [6.07, 6.45) is 2.73. The summed E-state index contributed by atoms with van der Waals surface area (Å²) in [4.78, 5) is 19.7. The number of hydrogen-bond acceptors (Lipinski definition) is 5. The fourth-order valence-electron chi connectivity index (χ4n) is 3.23. The topological polar surface area (TPSA) is 54.0 Å². The Balaban J connectivity index is 1.71. The minimum atomic E-state index is -0.0973. The Bertz CT molecular complexity index is 1120. The summed E-state index contributed by atoms with van der Waals surface area (Å²) >= 11 is 3.33. The number of aryl methyl sites for hydroxylation is 2. The standard InChI is InChI=1S/C24H23N3OS2/c1-3-18-15-19(24(30-18)27-23(28)17-8-5-4-6-9-17)22(20-10-7-13-29-20)26-21-14-16(2)11-12-25-21/h4-15,22H,3H2,1-2H3,(H,25,26)(H,27,28)/t22-/m1/s1. The van der Waals surface area contributed by atoms with E-state index < -0.39 is 0 Å². The van der Waals surface area contributed by atoms with Gasteiger partial charge in [0, 0.05) is 27.1 Å². The highest BCUT2D eigenvalue weighted by atomic mass is 32.1. The molecule has 0 aliphatic heterocycles. The number of nitrogens with one attached hydrogen (secondary N) is 2. The van der Waals surface area contributed by atoms with E-state index in [1.165, 1.54) is 9.75 Å². The number of nitrogens with zero attached hydrogens (tertiary/aromatic N) is 1. The first-order chi connectivity index (χ1) is 14.6. The molecule has 0 spiro atoms. The fraction of sp³-hybridized carbons (Fsp3) is 0.167. The molecule has 2 N–H and O–H groups in total. The van der Waals surface area contributed by atoms with Crippen LogP contribution < -0.4 is 10.6 Å². The molecule has 1 amide bonds. The summed E-state index contributed by atoms with van der Waals surface area (Å²) < 4.78 is 0. The largest absolute Gasteiger partial charge is 0.358 e. The third-order valence-corrected chi connectivity index (χ3v) is 6.92. The van der Waals surface area contributed by atoms with Crippen LogP contribution in [0, 0.1) is 6.92 Å². The van der Waals surface area contributed by atoms with Gasteiger partial charge >= 0.3 is 0 Å². The summed E-state index contributed by atoms with van der Waals surface area (Å²) in [6.45, 7) is 4.19. The van der Waals surface area contributed by atoms with Gasteiger partial charge in [0.1, 0.15) is 10.8 Å². The zero-order valence-electron chi connectivity index (χ0n) is 16.9. The van der Waals surface area contributed by atoms with Crippen molar-refractivity contribution < 1.29 is 4.79 Å². The predicted molar refractivity (Wildman–Crippen MR) is 127 cm³/mol. The van der Waals surface area contributed by atoms with Crippen LogP contribution in [-0.4, -0.2) is 10.9 Å². The predicted octanol–water partition coefficient (Wildman–Crippen LogP) is 6.53. The third-order valence-electron chi connectivity index (χ3n) is 4.77. The van der Waals surface area contributed by atoms with Gasteiger partial charge < -0.3 is 10.6 Å². The van der Waals surface area contributed by atoms with Gasteiger partial charge in [-0.3, -0.25) is 4.79 Å². The van der Waals surface area contributed by atoms with Crippen molar-refractivity contribution in [3.05, 3.63) is 98.7 Å². The second kappa shape index (κ2) is 9.24. The second-order valence-corrected chi connectivity index (χ2v) is 9.10. The Hall–Kier alpha value is -2.96. The number of pyridine rings is 1. The molecular weight excluding hydrogens is 410 g/mol. The first kappa shape index (κ1) is 20.3. The van der Waals surface area contributed by atoms with Crippen LogP contribution in [0.5, 0.6) is 0 Å². The Kier molecular flexibility index (Phi) is 6.26. The van der Waals surface area contributed by atoms with Crippen LogP contribution in [0.25, 0.3) is 0 Å². The van der Waals surface area contributed by atoms with Crippen LogP contribution in [0.15, 0.2) is 72.2 Å². The number of benzene rings is 1. The summed E-state index contributed by atoms with van der Waals surface area (Å²) in [5, 5.41) is 9.68. The van der Waals surface area contributed by atoms with Gasteiger partial charge in [-0.1, -0.05) is 31.2 Å². The number of carbonyl (C=O) groups excluding carboxylic acids is 1. The van der Waals surface area contributed by atoms with Gasteiger partial charge in [0.15, 0.2) is 0 Å². The van der Waals surface area contributed by atoms with Crippen LogP contribution in [0.1, 0.15) is 44.2 Å². The van der Waals surface area contributed by atoms with Gasteiger partial charge in [-0.2, -0.15) is 0 Å². The Morgan fingerprint density at radius 1 is 1.10 bits per heavy atom. The average Bonchev–Trinajstić information content (AvgIpc) is 3.43. The molecule has 30 heavy (non-hydrogen) atoms. The van der Waals surface area contributed by atoms with Crippen LogP contribution in [0.3, 0.4) is 0 Å². The molecule has 0 radical (unpaired) electrons. The molecule has 3 heterocycles. The molecular formula is C24H23N3OS2. The van der Waals surface area contributed by atoms with Crippen molar-refractivity contribution >= 4 is 39.4 Å². The normalized spacial score (nSPS) is 11.8. The summed E-state index contributed by atoms with van der Waals surface area (Å²) in [6, 6.07) is 19.6. The lowest BCUT2D eigenvalue weighted by Crippen LogP contribution is -2.16.